The first-order valence-corrected chi connectivity index (χ1v) is 3.94. The zero-order valence-corrected chi connectivity index (χ0v) is 5.88. The predicted molar refractivity (Wildman–Crippen MR) is 34.0 cm³/mol. The third-order valence-electron chi connectivity index (χ3n) is 2.86. The number of aliphatic hydroxyl groups is 2. The Labute approximate surface area is 63.7 Å². The van der Waals surface area contributed by atoms with E-state index in [1.54, 1.807) is 0 Å². The van der Waals surface area contributed by atoms with E-state index in [0.717, 1.165) is 0 Å². The molecule has 0 aromatic heterocycles. The van der Waals surface area contributed by atoms with Crippen LogP contribution < -0.4 is 0 Å². The van der Waals surface area contributed by atoms with Crippen molar-refractivity contribution >= 4 is 0 Å². The second kappa shape index (κ2) is 1.77. The van der Waals surface area contributed by atoms with Crippen LogP contribution in [-0.4, -0.2) is 46.8 Å². The van der Waals surface area contributed by atoms with Crippen molar-refractivity contribution in [2.24, 2.45) is 0 Å². The maximum Gasteiger partial charge on any atom is 0.115 e. The Hall–Kier alpha value is -0.160. The van der Waals surface area contributed by atoms with Gasteiger partial charge in [0.2, 0.25) is 0 Å². The minimum absolute atomic E-state index is 0.0309. The molecule has 0 spiro atoms. The molecule has 3 aliphatic rings. The second-order valence-corrected chi connectivity index (χ2v) is 3.50. The van der Waals surface area contributed by atoms with Crippen LogP contribution in [0.2, 0.25) is 0 Å². The Kier molecular flexibility index (Phi) is 1.02. The number of aliphatic hydroxyl groups excluding tert-OH is 2. The van der Waals surface area contributed by atoms with E-state index < -0.39 is 18.3 Å². The standard InChI is InChI=1S/C7H10O4/c8-2-1-3-6-7(10-3)4(9)5(2)11-6/h2-9H,1H2/t2-,3-,4-,5-,6+,7+/m1/s1. The fourth-order valence-corrected chi connectivity index (χ4v) is 2.25. The van der Waals surface area contributed by atoms with E-state index in [4.69, 9.17) is 9.47 Å². The summed E-state index contributed by atoms with van der Waals surface area (Å²) in [6.45, 7) is 0. The molecule has 3 aliphatic heterocycles. The van der Waals surface area contributed by atoms with Crippen molar-refractivity contribution in [3.05, 3.63) is 0 Å². The maximum absolute atomic E-state index is 9.47. The minimum atomic E-state index is -0.617. The van der Waals surface area contributed by atoms with Crippen molar-refractivity contribution < 1.29 is 19.7 Å². The van der Waals surface area contributed by atoms with Crippen LogP contribution in [0.4, 0.5) is 0 Å². The molecule has 3 heterocycles. The van der Waals surface area contributed by atoms with Gasteiger partial charge in [-0.3, -0.25) is 0 Å². The lowest BCUT2D eigenvalue weighted by Crippen LogP contribution is -2.55. The summed E-state index contributed by atoms with van der Waals surface area (Å²) < 4.78 is 10.7. The van der Waals surface area contributed by atoms with Gasteiger partial charge in [0.25, 0.3) is 0 Å². The van der Waals surface area contributed by atoms with Crippen molar-refractivity contribution in [2.75, 3.05) is 0 Å². The van der Waals surface area contributed by atoms with E-state index in [1.165, 1.54) is 0 Å². The van der Waals surface area contributed by atoms with Crippen LogP contribution in [0.1, 0.15) is 6.42 Å². The molecule has 2 N–H and O–H groups in total. The number of hydrogen-bond donors (Lipinski definition) is 2. The third kappa shape index (κ3) is 0.597. The molecule has 0 saturated carbocycles. The van der Waals surface area contributed by atoms with Crippen molar-refractivity contribution in [1.82, 2.24) is 0 Å². The van der Waals surface area contributed by atoms with E-state index in [0.29, 0.717) is 6.42 Å². The van der Waals surface area contributed by atoms with Gasteiger partial charge in [-0.1, -0.05) is 0 Å². The monoisotopic (exact) mass is 158 g/mol. The Balaban J connectivity index is 1.95. The normalized spacial score (nSPS) is 66.0. The first-order chi connectivity index (χ1) is 5.27. The molecule has 2 bridgehead atoms. The summed E-state index contributed by atoms with van der Waals surface area (Å²) in [7, 11) is 0. The molecule has 3 fully saturated rings. The van der Waals surface area contributed by atoms with Gasteiger partial charge in [0.15, 0.2) is 0 Å². The largest absolute Gasteiger partial charge is 0.390 e. The van der Waals surface area contributed by atoms with Gasteiger partial charge in [-0.25, -0.2) is 0 Å². The molecule has 0 aromatic carbocycles. The molecular weight excluding hydrogens is 148 g/mol. The summed E-state index contributed by atoms with van der Waals surface area (Å²) in [5.41, 5.74) is 0. The first kappa shape index (κ1) is 6.37. The molecule has 0 amide bonds. The predicted octanol–water partition coefficient (Wildman–Crippen LogP) is -1.35. The lowest BCUT2D eigenvalue weighted by molar-refractivity contribution is -0.242. The Morgan fingerprint density at radius 1 is 1.00 bits per heavy atom. The third-order valence-corrected chi connectivity index (χ3v) is 2.86. The van der Waals surface area contributed by atoms with Crippen molar-refractivity contribution in [2.45, 2.75) is 43.0 Å². The highest BCUT2D eigenvalue weighted by Gasteiger charge is 2.62. The van der Waals surface area contributed by atoms with Crippen LogP contribution in [0.25, 0.3) is 0 Å². The highest BCUT2D eigenvalue weighted by molar-refractivity contribution is 5.09. The molecule has 3 rings (SSSR count). The van der Waals surface area contributed by atoms with Gasteiger partial charge in [-0.05, 0) is 0 Å². The van der Waals surface area contributed by atoms with Crippen LogP contribution in [-0.2, 0) is 9.47 Å². The van der Waals surface area contributed by atoms with Gasteiger partial charge in [0.05, 0.1) is 12.2 Å². The fourth-order valence-electron chi connectivity index (χ4n) is 2.25. The first-order valence-electron chi connectivity index (χ1n) is 3.94. The van der Waals surface area contributed by atoms with Crippen LogP contribution in [0.5, 0.6) is 0 Å². The lowest BCUT2D eigenvalue weighted by Gasteiger charge is -2.41. The number of rotatable bonds is 0. The van der Waals surface area contributed by atoms with Gasteiger partial charge in [0.1, 0.15) is 24.4 Å². The van der Waals surface area contributed by atoms with Crippen LogP contribution in [0, 0.1) is 0 Å². The molecule has 0 aromatic rings. The van der Waals surface area contributed by atoms with Gasteiger partial charge in [-0.2, -0.15) is 0 Å². The maximum atomic E-state index is 9.47. The lowest BCUT2D eigenvalue weighted by atomic mass is 9.99. The Morgan fingerprint density at radius 2 is 1.82 bits per heavy atom. The van der Waals surface area contributed by atoms with E-state index >= 15 is 0 Å². The molecule has 0 radical (unpaired) electrons. The Morgan fingerprint density at radius 3 is 2.64 bits per heavy atom. The van der Waals surface area contributed by atoms with E-state index in [1.807, 2.05) is 0 Å². The number of ether oxygens (including phenoxy) is 2. The SMILES string of the molecule is O[C@H]1[C@@H]2O[C@@H]3C[C@@H](O)[C@H]1O[C@H]23. The summed E-state index contributed by atoms with van der Waals surface area (Å²) in [5.74, 6) is 0. The summed E-state index contributed by atoms with van der Waals surface area (Å²) in [4.78, 5) is 0. The van der Waals surface area contributed by atoms with E-state index in [-0.39, 0.29) is 18.3 Å². The minimum Gasteiger partial charge on any atom is -0.390 e. The van der Waals surface area contributed by atoms with Gasteiger partial charge >= 0.3 is 0 Å². The van der Waals surface area contributed by atoms with Crippen molar-refractivity contribution in [3.63, 3.8) is 0 Å². The number of fused-ring (bicyclic) bond motifs is 1. The molecule has 4 nitrogen and oxygen atoms in total. The molecule has 4 heteroatoms. The summed E-state index contributed by atoms with van der Waals surface area (Å²) in [5, 5.41) is 18.9. The average Bonchev–Trinajstić information content (AvgIpc) is 2.05. The molecule has 0 unspecified atom stereocenters. The van der Waals surface area contributed by atoms with Crippen molar-refractivity contribution in [3.8, 4) is 0 Å². The van der Waals surface area contributed by atoms with E-state index in [9.17, 15) is 10.2 Å². The molecule has 62 valence electrons. The molecule has 3 saturated heterocycles. The van der Waals surface area contributed by atoms with Crippen LogP contribution >= 0.6 is 0 Å². The summed E-state index contributed by atoms with van der Waals surface area (Å²) in [6.07, 6.45) is -1.02. The highest BCUT2D eigenvalue weighted by Crippen LogP contribution is 2.44. The van der Waals surface area contributed by atoms with Crippen molar-refractivity contribution in [1.29, 1.82) is 0 Å². The zero-order chi connectivity index (χ0) is 7.59. The smallest absolute Gasteiger partial charge is 0.115 e. The molecule has 11 heavy (non-hydrogen) atoms. The summed E-state index contributed by atoms with van der Waals surface area (Å²) in [6, 6.07) is 0. The molecule has 0 aliphatic carbocycles. The molecule has 6 atom stereocenters. The van der Waals surface area contributed by atoms with Gasteiger partial charge in [0, 0.05) is 6.42 Å². The van der Waals surface area contributed by atoms with Gasteiger partial charge < -0.3 is 19.7 Å². The van der Waals surface area contributed by atoms with E-state index in [2.05, 4.69) is 0 Å². The molecular formula is C7H10O4. The zero-order valence-electron chi connectivity index (χ0n) is 5.88. The highest BCUT2D eigenvalue weighted by atomic mass is 16.6. The van der Waals surface area contributed by atoms with Crippen LogP contribution in [0.3, 0.4) is 0 Å². The summed E-state index contributed by atoms with van der Waals surface area (Å²) >= 11 is 0. The average molecular weight is 158 g/mol. The second-order valence-electron chi connectivity index (χ2n) is 3.50. The van der Waals surface area contributed by atoms with Gasteiger partial charge in [-0.15, -0.1) is 0 Å². The Bertz CT molecular complexity index is 195. The quantitative estimate of drug-likeness (QED) is 0.457. The topological polar surface area (TPSA) is 58.9 Å². The van der Waals surface area contributed by atoms with Crippen LogP contribution in [0.15, 0.2) is 0 Å². The number of hydrogen-bond acceptors (Lipinski definition) is 4. The fraction of sp³-hybridized carbons (Fsp3) is 1.00.